The first-order chi connectivity index (χ1) is 7.29. The van der Waals surface area contributed by atoms with Crippen LogP contribution in [-0.2, 0) is 0 Å². The summed E-state index contributed by atoms with van der Waals surface area (Å²) in [5.74, 6) is -0.181. The normalized spacial score (nSPS) is 24.8. The molecule has 15 heavy (non-hydrogen) atoms. The summed E-state index contributed by atoms with van der Waals surface area (Å²) in [6.45, 7) is 0. The lowest BCUT2D eigenvalue weighted by Gasteiger charge is -2.16. The Morgan fingerprint density at radius 3 is 3.00 bits per heavy atom. The van der Waals surface area contributed by atoms with Gasteiger partial charge in [0.15, 0.2) is 0 Å². The molecule has 1 aliphatic carbocycles. The van der Waals surface area contributed by atoms with E-state index < -0.39 is 0 Å². The molecule has 2 unspecified atom stereocenters. The third-order valence-electron chi connectivity index (χ3n) is 2.86. The Morgan fingerprint density at radius 1 is 1.40 bits per heavy atom. The van der Waals surface area contributed by atoms with Crippen LogP contribution in [0.1, 0.15) is 19.3 Å². The van der Waals surface area contributed by atoms with Crippen molar-refractivity contribution in [3.63, 3.8) is 0 Å². The zero-order valence-electron chi connectivity index (χ0n) is 8.41. The number of nitrogens with one attached hydrogen (secondary N) is 1. The third-order valence-corrected chi connectivity index (χ3v) is 2.86. The maximum Gasteiger partial charge on any atom is 0.125 e. The van der Waals surface area contributed by atoms with Gasteiger partial charge in [-0.05, 0) is 37.5 Å². The smallest absolute Gasteiger partial charge is 0.125 e. The van der Waals surface area contributed by atoms with Crippen molar-refractivity contribution < 1.29 is 4.39 Å². The van der Waals surface area contributed by atoms with E-state index in [1.807, 2.05) is 6.07 Å². The molecule has 0 saturated heterocycles. The molecule has 2 atom stereocenters. The minimum Gasteiger partial charge on any atom is -0.381 e. The summed E-state index contributed by atoms with van der Waals surface area (Å²) in [5, 5.41) is 12.1. The SMILES string of the molecule is N#CC1CCCC1Nc1cccc(F)c1. The second-order valence-electron chi connectivity index (χ2n) is 3.93. The van der Waals surface area contributed by atoms with Crippen molar-refractivity contribution in [2.75, 3.05) is 5.32 Å². The lowest BCUT2D eigenvalue weighted by molar-refractivity contribution is 0.619. The molecule has 1 aromatic carbocycles. The lowest BCUT2D eigenvalue weighted by atomic mass is 10.1. The highest BCUT2D eigenvalue weighted by Gasteiger charge is 2.26. The van der Waals surface area contributed by atoms with Gasteiger partial charge in [0.25, 0.3) is 0 Å². The third kappa shape index (κ3) is 2.27. The number of halogens is 1. The number of anilines is 1. The van der Waals surface area contributed by atoms with Gasteiger partial charge in [0, 0.05) is 11.7 Å². The summed E-state index contributed by atoms with van der Waals surface area (Å²) < 4.78 is 12.9. The van der Waals surface area contributed by atoms with Gasteiger partial charge < -0.3 is 5.32 Å². The van der Waals surface area contributed by atoms with Gasteiger partial charge in [-0.15, -0.1) is 0 Å². The molecule has 1 aromatic rings. The van der Waals surface area contributed by atoms with Crippen molar-refractivity contribution in [3.05, 3.63) is 30.1 Å². The maximum absolute atomic E-state index is 12.9. The fraction of sp³-hybridized carbons (Fsp3) is 0.417. The number of nitriles is 1. The Kier molecular flexibility index (Phi) is 2.86. The number of rotatable bonds is 2. The van der Waals surface area contributed by atoms with Crippen molar-refractivity contribution >= 4 is 5.69 Å². The standard InChI is InChI=1S/C12H13FN2/c13-10-4-2-5-11(7-10)15-12-6-1-3-9(12)8-14/h2,4-5,7,9,12,15H,1,3,6H2. The molecule has 0 spiro atoms. The molecular weight excluding hydrogens is 191 g/mol. The Balaban J connectivity index is 2.06. The van der Waals surface area contributed by atoms with Crippen LogP contribution in [0.3, 0.4) is 0 Å². The molecule has 2 nitrogen and oxygen atoms in total. The Hall–Kier alpha value is -1.56. The Labute approximate surface area is 88.7 Å². The molecule has 0 bridgehead atoms. The average Bonchev–Trinajstić information content (AvgIpc) is 2.65. The quantitative estimate of drug-likeness (QED) is 0.804. The molecule has 0 aliphatic heterocycles. The largest absolute Gasteiger partial charge is 0.381 e. The summed E-state index contributed by atoms with van der Waals surface area (Å²) in [6.07, 6.45) is 3.02. The average molecular weight is 204 g/mol. The maximum atomic E-state index is 12.9. The van der Waals surface area contributed by atoms with Gasteiger partial charge in [0.05, 0.1) is 12.0 Å². The minimum absolute atomic E-state index is 0.0632. The van der Waals surface area contributed by atoms with E-state index >= 15 is 0 Å². The molecule has 3 heteroatoms. The van der Waals surface area contributed by atoms with E-state index in [9.17, 15) is 4.39 Å². The molecule has 0 heterocycles. The van der Waals surface area contributed by atoms with Crippen molar-refractivity contribution in [3.8, 4) is 6.07 Å². The van der Waals surface area contributed by atoms with Crippen LogP contribution in [0.5, 0.6) is 0 Å². The van der Waals surface area contributed by atoms with Crippen molar-refractivity contribution in [1.29, 1.82) is 5.26 Å². The van der Waals surface area contributed by atoms with Gasteiger partial charge in [-0.1, -0.05) is 6.07 Å². The molecule has 1 fully saturated rings. The first-order valence-corrected chi connectivity index (χ1v) is 5.21. The van der Waals surface area contributed by atoms with Gasteiger partial charge in [0.2, 0.25) is 0 Å². The van der Waals surface area contributed by atoms with Crippen molar-refractivity contribution in [2.24, 2.45) is 5.92 Å². The predicted octanol–water partition coefficient (Wildman–Crippen LogP) is 2.93. The van der Waals surface area contributed by atoms with Crippen LogP contribution in [0.25, 0.3) is 0 Å². The number of benzene rings is 1. The molecule has 0 aromatic heterocycles. The number of hydrogen-bond donors (Lipinski definition) is 1. The van der Waals surface area contributed by atoms with Gasteiger partial charge >= 0.3 is 0 Å². The van der Waals surface area contributed by atoms with Crippen LogP contribution in [0, 0.1) is 23.1 Å². The first kappa shape index (κ1) is 9.97. The summed E-state index contributed by atoms with van der Waals surface area (Å²) in [4.78, 5) is 0. The monoisotopic (exact) mass is 204 g/mol. The molecule has 1 aliphatic rings. The predicted molar refractivity (Wildman–Crippen MR) is 56.8 cm³/mol. The van der Waals surface area contributed by atoms with Crippen molar-refractivity contribution in [1.82, 2.24) is 0 Å². The van der Waals surface area contributed by atoms with Crippen LogP contribution >= 0.6 is 0 Å². The van der Waals surface area contributed by atoms with Crippen LogP contribution in [0.2, 0.25) is 0 Å². The fourth-order valence-electron chi connectivity index (χ4n) is 2.08. The zero-order valence-corrected chi connectivity index (χ0v) is 8.41. The Morgan fingerprint density at radius 2 is 2.27 bits per heavy atom. The van der Waals surface area contributed by atoms with E-state index in [0.29, 0.717) is 0 Å². The second kappa shape index (κ2) is 4.31. The molecule has 1 saturated carbocycles. The molecule has 1 N–H and O–H groups in total. The van der Waals surface area contributed by atoms with Crippen LogP contribution in [0.4, 0.5) is 10.1 Å². The van der Waals surface area contributed by atoms with Crippen LogP contribution < -0.4 is 5.32 Å². The van der Waals surface area contributed by atoms with Crippen LogP contribution in [-0.4, -0.2) is 6.04 Å². The molecule has 0 radical (unpaired) electrons. The summed E-state index contributed by atoms with van der Waals surface area (Å²) >= 11 is 0. The van der Waals surface area contributed by atoms with Gasteiger partial charge in [-0.2, -0.15) is 5.26 Å². The number of hydrogen-bond acceptors (Lipinski definition) is 2. The lowest BCUT2D eigenvalue weighted by Crippen LogP contribution is -2.22. The number of nitrogens with zero attached hydrogens (tertiary/aromatic N) is 1. The summed E-state index contributed by atoms with van der Waals surface area (Å²) in [6, 6.07) is 8.86. The van der Waals surface area contributed by atoms with Gasteiger partial charge in [0.1, 0.15) is 5.82 Å². The molecule has 0 amide bonds. The summed E-state index contributed by atoms with van der Waals surface area (Å²) in [5.41, 5.74) is 0.766. The zero-order chi connectivity index (χ0) is 10.7. The highest BCUT2D eigenvalue weighted by molar-refractivity contribution is 5.44. The summed E-state index contributed by atoms with van der Waals surface area (Å²) in [7, 11) is 0. The second-order valence-corrected chi connectivity index (χ2v) is 3.93. The van der Waals surface area contributed by atoms with E-state index in [0.717, 1.165) is 24.9 Å². The van der Waals surface area contributed by atoms with Crippen LogP contribution in [0.15, 0.2) is 24.3 Å². The van der Waals surface area contributed by atoms with E-state index in [4.69, 9.17) is 5.26 Å². The fourth-order valence-corrected chi connectivity index (χ4v) is 2.08. The van der Waals surface area contributed by atoms with E-state index in [1.165, 1.54) is 12.1 Å². The molecular formula is C12H13FN2. The molecule has 2 rings (SSSR count). The minimum atomic E-state index is -0.244. The van der Waals surface area contributed by atoms with E-state index in [-0.39, 0.29) is 17.8 Å². The van der Waals surface area contributed by atoms with Gasteiger partial charge in [-0.25, -0.2) is 4.39 Å². The highest BCUT2D eigenvalue weighted by atomic mass is 19.1. The van der Waals surface area contributed by atoms with E-state index in [1.54, 1.807) is 6.07 Å². The highest BCUT2D eigenvalue weighted by Crippen LogP contribution is 2.27. The Bertz CT molecular complexity index is 383. The first-order valence-electron chi connectivity index (χ1n) is 5.21. The van der Waals surface area contributed by atoms with Gasteiger partial charge in [-0.3, -0.25) is 0 Å². The molecule has 78 valence electrons. The van der Waals surface area contributed by atoms with E-state index in [2.05, 4.69) is 11.4 Å². The topological polar surface area (TPSA) is 35.8 Å². The van der Waals surface area contributed by atoms with Crippen molar-refractivity contribution in [2.45, 2.75) is 25.3 Å².